The van der Waals surface area contributed by atoms with Crippen LogP contribution >= 0.6 is 0 Å². The van der Waals surface area contributed by atoms with E-state index in [4.69, 9.17) is 0 Å². The Kier molecular flexibility index (Phi) is 4.68. The first kappa shape index (κ1) is 11.8. The summed E-state index contributed by atoms with van der Waals surface area (Å²) in [4.78, 5) is 0. The van der Waals surface area contributed by atoms with Gasteiger partial charge in [0.1, 0.15) is 0 Å². The molecule has 0 aliphatic heterocycles. The Labute approximate surface area is 73.5 Å². The molecule has 74 valence electrons. The van der Waals surface area contributed by atoms with Crippen molar-refractivity contribution in [3.05, 3.63) is 0 Å². The molecule has 2 unspecified atom stereocenters. The number of rotatable bonds is 5. The van der Waals surface area contributed by atoms with Gasteiger partial charge in [-0.15, -0.1) is 0 Å². The zero-order valence-corrected chi connectivity index (χ0v) is 8.32. The smallest absolute Gasteiger partial charge is 0.256 e. The maximum Gasteiger partial charge on any atom is 0.256 e. The molecule has 0 fully saturated rings. The summed E-state index contributed by atoms with van der Waals surface area (Å²) in [6.45, 7) is 7.82. The Morgan fingerprint density at radius 1 is 1.33 bits per heavy atom. The molecule has 0 aliphatic rings. The second kappa shape index (κ2) is 4.75. The Morgan fingerprint density at radius 3 is 2.08 bits per heavy atom. The van der Waals surface area contributed by atoms with Crippen molar-refractivity contribution in [3.63, 3.8) is 0 Å². The molecular weight excluding hydrogens is 160 g/mol. The summed E-state index contributed by atoms with van der Waals surface area (Å²) in [6.07, 6.45) is -1.53. The van der Waals surface area contributed by atoms with Crippen molar-refractivity contribution in [2.24, 2.45) is 5.92 Å². The van der Waals surface area contributed by atoms with Crippen LogP contribution in [0.4, 0.5) is 8.78 Å². The standard InChI is InChI=1S/C9H19F2N/c1-5-7(3)9(4,8(10)11)12-6-2/h7-8,12H,5-6H2,1-4H3. The predicted octanol–water partition coefficient (Wildman–Crippen LogP) is 2.67. The first-order chi connectivity index (χ1) is 5.49. The summed E-state index contributed by atoms with van der Waals surface area (Å²) in [5.41, 5.74) is -1.02. The molecule has 0 aromatic heterocycles. The Morgan fingerprint density at radius 2 is 1.83 bits per heavy atom. The monoisotopic (exact) mass is 179 g/mol. The second-order valence-electron chi connectivity index (χ2n) is 3.42. The lowest BCUT2D eigenvalue weighted by molar-refractivity contribution is 0.00830. The van der Waals surface area contributed by atoms with Crippen LogP contribution in [0, 0.1) is 5.92 Å². The van der Waals surface area contributed by atoms with E-state index in [2.05, 4.69) is 5.32 Å². The molecule has 0 spiro atoms. The van der Waals surface area contributed by atoms with E-state index in [1.807, 2.05) is 20.8 Å². The molecule has 1 nitrogen and oxygen atoms in total. The third kappa shape index (κ3) is 2.41. The normalized spacial score (nSPS) is 19.2. The lowest BCUT2D eigenvalue weighted by Gasteiger charge is -2.35. The summed E-state index contributed by atoms with van der Waals surface area (Å²) in [7, 11) is 0. The van der Waals surface area contributed by atoms with Gasteiger partial charge in [-0.05, 0) is 19.4 Å². The van der Waals surface area contributed by atoms with Crippen molar-refractivity contribution >= 4 is 0 Å². The lowest BCUT2D eigenvalue weighted by Crippen LogP contribution is -2.53. The molecule has 0 saturated heterocycles. The van der Waals surface area contributed by atoms with Crippen LogP contribution in [0.5, 0.6) is 0 Å². The Hall–Kier alpha value is -0.180. The molecule has 0 saturated carbocycles. The molecule has 0 rings (SSSR count). The first-order valence-electron chi connectivity index (χ1n) is 4.52. The van der Waals surface area contributed by atoms with Gasteiger partial charge in [-0.2, -0.15) is 0 Å². The molecule has 0 heterocycles. The molecule has 0 bridgehead atoms. The highest BCUT2D eigenvalue weighted by Gasteiger charge is 2.38. The van der Waals surface area contributed by atoms with Gasteiger partial charge in [0.25, 0.3) is 6.43 Å². The SMILES string of the molecule is CCNC(C)(C(F)F)C(C)CC. The van der Waals surface area contributed by atoms with Crippen LogP contribution in [0.1, 0.15) is 34.1 Å². The maximum atomic E-state index is 12.6. The van der Waals surface area contributed by atoms with Crippen LogP contribution < -0.4 is 5.32 Å². The van der Waals surface area contributed by atoms with Gasteiger partial charge in [-0.25, -0.2) is 8.78 Å². The van der Waals surface area contributed by atoms with E-state index < -0.39 is 12.0 Å². The summed E-state index contributed by atoms with van der Waals surface area (Å²) >= 11 is 0. The van der Waals surface area contributed by atoms with Crippen molar-refractivity contribution in [1.29, 1.82) is 0 Å². The van der Waals surface area contributed by atoms with Crippen molar-refractivity contribution in [2.75, 3.05) is 6.54 Å². The van der Waals surface area contributed by atoms with E-state index >= 15 is 0 Å². The van der Waals surface area contributed by atoms with Crippen LogP contribution in [-0.4, -0.2) is 18.5 Å². The zero-order chi connectivity index (χ0) is 9.78. The van der Waals surface area contributed by atoms with E-state index in [-0.39, 0.29) is 5.92 Å². The highest BCUT2D eigenvalue weighted by Crippen LogP contribution is 2.26. The predicted molar refractivity (Wildman–Crippen MR) is 47.5 cm³/mol. The van der Waals surface area contributed by atoms with E-state index in [0.717, 1.165) is 6.42 Å². The third-order valence-corrected chi connectivity index (χ3v) is 2.65. The van der Waals surface area contributed by atoms with Crippen LogP contribution in [0.25, 0.3) is 0 Å². The maximum absolute atomic E-state index is 12.6. The first-order valence-corrected chi connectivity index (χ1v) is 4.52. The fourth-order valence-electron chi connectivity index (χ4n) is 1.27. The average molecular weight is 179 g/mol. The van der Waals surface area contributed by atoms with E-state index in [0.29, 0.717) is 6.54 Å². The van der Waals surface area contributed by atoms with Gasteiger partial charge in [-0.1, -0.05) is 27.2 Å². The third-order valence-electron chi connectivity index (χ3n) is 2.65. The number of halogens is 2. The van der Waals surface area contributed by atoms with Gasteiger partial charge in [-0.3, -0.25) is 0 Å². The number of hydrogen-bond donors (Lipinski definition) is 1. The Bertz CT molecular complexity index is 128. The molecule has 0 aromatic carbocycles. The van der Waals surface area contributed by atoms with Gasteiger partial charge < -0.3 is 5.32 Å². The molecule has 12 heavy (non-hydrogen) atoms. The summed E-state index contributed by atoms with van der Waals surface area (Å²) in [6, 6.07) is 0. The van der Waals surface area contributed by atoms with E-state index in [1.165, 1.54) is 0 Å². The van der Waals surface area contributed by atoms with Crippen molar-refractivity contribution < 1.29 is 8.78 Å². The van der Waals surface area contributed by atoms with E-state index in [9.17, 15) is 8.78 Å². The Balaban J connectivity index is 4.37. The zero-order valence-electron chi connectivity index (χ0n) is 8.32. The minimum atomic E-state index is -2.30. The molecule has 1 N–H and O–H groups in total. The minimum absolute atomic E-state index is 0.00236. The number of alkyl halides is 2. The lowest BCUT2D eigenvalue weighted by atomic mass is 9.85. The van der Waals surface area contributed by atoms with Gasteiger partial charge in [0, 0.05) is 0 Å². The van der Waals surface area contributed by atoms with Gasteiger partial charge in [0.2, 0.25) is 0 Å². The number of hydrogen-bond acceptors (Lipinski definition) is 1. The highest BCUT2D eigenvalue weighted by atomic mass is 19.3. The fourth-order valence-corrected chi connectivity index (χ4v) is 1.27. The molecule has 0 radical (unpaired) electrons. The summed E-state index contributed by atoms with van der Waals surface area (Å²) < 4.78 is 25.3. The fraction of sp³-hybridized carbons (Fsp3) is 1.00. The van der Waals surface area contributed by atoms with Gasteiger partial charge >= 0.3 is 0 Å². The quantitative estimate of drug-likeness (QED) is 0.684. The molecular formula is C9H19F2N. The van der Waals surface area contributed by atoms with Crippen LogP contribution in [0.3, 0.4) is 0 Å². The second-order valence-corrected chi connectivity index (χ2v) is 3.42. The summed E-state index contributed by atoms with van der Waals surface area (Å²) in [5, 5.41) is 2.86. The van der Waals surface area contributed by atoms with Crippen molar-refractivity contribution in [2.45, 2.75) is 46.1 Å². The largest absolute Gasteiger partial charge is 0.307 e. The molecule has 2 atom stereocenters. The topological polar surface area (TPSA) is 12.0 Å². The molecule has 0 amide bonds. The van der Waals surface area contributed by atoms with Crippen LogP contribution in [-0.2, 0) is 0 Å². The molecule has 0 aromatic rings. The van der Waals surface area contributed by atoms with Crippen LogP contribution in [0.2, 0.25) is 0 Å². The van der Waals surface area contributed by atoms with E-state index in [1.54, 1.807) is 6.92 Å². The number of nitrogens with one attached hydrogen (secondary N) is 1. The molecule has 3 heteroatoms. The average Bonchev–Trinajstić information content (AvgIpc) is 2.03. The van der Waals surface area contributed by atoms with Crippen molar-refractivity contribution in [1.82, 2.24) is 5.32 Å². The minimum Gasteiger partial charge on any atom is -0.307 e. The molecule has 0 aliphatic carbocycles. The van der Waals surface area contributed by atoms with Gasteiger partial charge in [0.05, 0.1) is 5.54 Å². The van der Waals surface area contributed by atoms with Crippen molar-refractivity contribution in [3.8, 4) is 0 Å². The highest BCUT2D eigenvalue weighted by molar-refractivity contribution is 4.89. The van der Waals surface area contributed by atoms with Crippen LogP contribution in [0.15, 0.2) is 0 Å². The van der Waals surface area contributed by atoms with Gasteiger partial charge in [0.15, 0.2) is 0 Å². The summed E-state index contributed by atoms with van der Waals surface area (Å²) in [5.74, 6) is -0.00236.